The third kappa shape index (κ3) is 6.50. The summed E-state index contributed by atoms with van der Waals surface area (Å²) in [5.41, 5.74) is 4.07. The van der Waals surface area contributed by atoms with Crippen LogP contribution in [0.4, 0.5) is 0 Å². The SMILES string of the molecule is CCn1c(C)c(C(=N)c2ccccc2C(=O)NCCOc2ccc(Cl)cc2)c2cc(Cl)ccc21.O=CO. The van der Waals surface area contributed by atoms with Crippen molar-refractivity contribution in [2.75, 3.05) is 13.2 Å². The van der Waals surface area contributed by atoms with E-state index in [1.54, 1.807) is 42.5 Å². The molecule has 0 saturated carbocycles. The van der Waals surface area contributed by atoms with Crippen molar-refractivity contribution < 1.29 is 19.4 Å². The van der Waals surface area contributed by atoms with Gasteiger partial charge in [-0.05, 0) is 62.4 Å². The Balaban J connectivity index is 0.00000121. The fourth-order valence-corrected chi connectivity index (χ4v) is 4.47. The Kier molecular flexibility index (Phi) is 9.71. The molecule has 0 saturated heterocycles. The van der Waals surface area contributed by atoms with E-state index >= 15 is 0 Å². The van der Waals surface area contributed by atoms with Crippen LogP contribution in [0.1, 0.15) is 34.1 Å². The number of carbonyl (C=O) groups is 2. The second-order valence-corrected chi connectivity index (χ2v) is 8.82. The first-order valence-electron chi connectivity index (χ1n) is 11.5. The van der Waals surface area contributed by atoms with Crippen LogP contribution >= 0.6 is 23.2 Å². The third-order valence-corrected chi connectivity index (χ3v) is 6.25. The van der Waals surface area contributed by atoms with E-state index in [9.17, 15) is 4.79 Å². The monoisotopic (exact) mass is 539 g/mol. The van der Waals surface area contributed by atoms with E-state index in [-0.39, 0.29) is 12.4 Å². The summed E-state index contributed by atoms with van der Waals surface area (Å²) < 4.78 is 7.81. The van der Waals surface area contributed by atoms with Crippen LogP contribution in [-0.4, -0.2) is 40.9 Å². The number of nitrogens with zero attached hydrogens (tertiary/aromatic N) is 1. The Bertz CT molecular complexity index is 1420. The third-order valence-electron chi connectivity index (χ3n) is 5.76. The molecule has 7 nitrogen and oxygen atoms in total. The van der Waals surface area contributed by atoms with E-state index in [4.69, 9.17) is 43.2 Å². The van der Waals surface area contributed by atoms with Crippen LogP contribution < -0.4 is 10.1 Å². The summed E-state index contributed by atoms with van der Waals surface area (Å²) in [4.78, 5) is 21.4. The molecule has 9 heteroatoms. The number of aromatic nitrogens is 1. The normalized spacial score (nSPS) is 10.4. The summed E-state index contributed by atoms with van der Waals surface area (Å²) in [5.74, 6) is 0.428. The Morgan fingerprint density at radius 2 is 1.68 bits per heavy atom. The Labute approximate surface area is 225 Å². The van der Waals surface area contributed by atoms with Crippen LogP contribution in [0.5, 0.6) is 5.75 Å². The molecule has 0 unspecified atom stereocenters. The quantitative estimate of drug-likeness (QED) is 0.141. The molecule has 0 bridgehead atoms. The van der Waals surface area contributed by atoms with Crippen LogP contribution in [0, 0.1) is 12.3 Å². The van der Waals surface area contributed by atoms with Gasteiger partial charge in [-0.3, -0.25) is 15.0 Å². The lowest BCUT2D eigenvalue weighted by atomic mass is 9.95. The zero-order valence-corrected chi connectivity index (χ0v) is 21.9. The molecule has 192 valence electrons. The molecule has 0 aliphatic heterocycles. The van der Waals surface area contributed by atoms with E-state index < -0.39 is 0 Å². The van der Waals surface area contributed by atoms with E-state index in [2.05, 4.69) is 16.8 Å². The largest absolute Gasteiger partial charge is 0.492 e. The number of halogens is 2. The molecule has 0 aliphatic rings. The van der Waals surface area contributed by atoms with Gasteiger partial charge < -0.3 is 19.7 Å². The van der Waals surface area contributed by atoms with Gasteiger partial charge in [-0.15, -0.1) is 0 Å². The van der Waals surface area contributed by atoms with Gasteiger partial charge in [0.1, 0.15) is 12.4 Å². The highest BCUT2D eigenvalue weighted by Gasteiger charge is 2.22. The number of fused-ring (bicyclic) bond motifs is 1. The number of nitrogens with one attached hydrogen (secondary N) is 2. The summed E-state index contributed by atoms with van der Waals surface area (Å²) in [7, 11) is 0. The van der Waals surface area contributed by atoms with E-state index in [0.29, 0.717) is 45.8 Å². The van der Waals surface area contributed by atoms with Gasteiger partial charge in [-0.25, -0.2) is 0 Å². The average molecular weight is 540 g/mol. The lowest BCUT2D eigenvalue weighted by molar-refractivity contribution is -0.122. The number of hydrogen-bond acceptors (Lipinski definition) is 4. The summed E-state index contributed by atoms with van der Waals surface area (Å²) in [6.45, 7) is 5.23. The maximum Gasteiger partial charge on any atom is 0.290 e. The molecule has 3 N–H and O–H groups in total. The summed E-state index contributed by atoms with van der Waals surface area (Å²) in [6, 6.07) is 20.0. The van der Waals surface area contributed by atoms with Crippen molar-refractivity contribution in [2.45, 2.75) is 20.4 Å². The molecule has 1 heterocycles. The zero-order valence-electron chi connectivity index (χ0n) is 20.4. The standard InChI is InChI=1S/C27H25Cl2N3O2.CH2O2/c1-3-32-17(2)25(23-16-19(29)10-13-24(23)32)26(30)21-6-4-5-7-22(21)27(33)31-14-15-34-20-11-8-18(28)9-12-20;2-1-3/h4-13,16,30H,3,14-15H2,1-2H3,(H,31,33);1H,(H,2,3). The maximum atomic E-state index is 13.0. The smallest absolute Gasteiger partial charge is 0.290 e. The molecular weight excluding hydrogens is 513 g/mol. The van der Waals surface area contributed by atoms with Gasteiger partial charge in [0.2, 0.25) is 0 Å². The molecule has 37 heavy (non-hydrogen) atoms. The van der Waals surface area contributed by atoms with Gasteiger partial charge in [0, 0.05) is 49.9 Å². The minimum absolute atomic E-state index is 0.250. The molecule has 1 amide bonds. The van der Waals surface area contributed by atoms with E-state index in [1.165, 1.54) is 0 Å². The number of rotatable bonds is 8. The fraction of sp³-hybridized carbons (Fsp3) is 0.179. The van der Waals surface area contributed by atoms with E-state index in [0.717, 1.165) is 28.7 Å². The highest BCUT2D eigenvalue weighted by Crippen LogP contribution is 2.31. The molecule has 4 aromatic rings. The van der Waals surface area contributed by atoms with Gasteiger partial charge in [-0.1, -0.05) is 41.4 Å². The van der Waals surface area contributed by atoms with Crippen molar-refractivity contribution in [3.63, 3.8) is 0 Å². The molecule has 4 rings (SSSR count). The van der Waals surface area contributed by atoms with Gasteiger partial charge in [0.15, 0.2) is 0 Å². The van der Waals surface area contributed by atoms with Crippen molar-refractivity contribution in [1.29, 1.82) is 5.41 Å². The van der Waals surface area contributed by atoms with Gasteiger partial charge in [0.25, 0.3) is 12.4 Å². The van der Waals surface area contributed by atoms with Crippen molar-refractivity contribution in [1.82, 2.24) is 9.88 Å². The van der Waals surface area contributed by atoms with E-state index in [1.807, 2.05) is 31.2 Å². The average Bonchev–Trinajstić information content (AvgIpc) is 3.17. The number of carbonyl (C=O) groups excluding carboxylic acids is 1. The molecule has 0 spiro atoms. The lowest BCUT2D eigenvalue weighted by Gasteiger charge is -2.13. The second-order valence-electron chi connectivity index (χ2n) is 7.95. The summed E-state index contributed by atoms with van der Waals surface area (Å²) in [6.07, 6.45) is 0. The number of hydrogen-bond donors (Lipinski definition) is 3. The van der Waals surface area contributed by atoms with Crippen LogP contribution in [0.3, 0.4) is 0 Å². The van der Waals surface area contributed by atoms with Crippen LogP contribution in [-0.2, 0) is 11.3 Å². The maximum absolute atomic E-state index is 13.0. The summed E-state index contributed by atoms with van der Waals surface area (Å²) >= 11 is 12.2. The van der Waals surface area contributed by atoms with Crippen molar-refractivity contribution in [2.24, 2.45) is 0 Å². The van der Waals surface area contributed by atoms with Crippen LogP contribution in [0.2, 0.25) is 10.0 Å². The topological polar surface area (TPSA) is 104 Å². The predicted molar refractivity (Wildman–Crippen MR) is 148 cm³/mol. The van der Waals surface area contributed by atoms with Crippen molar-refractivity contribution in [3.05, 3.63) is 99.2 Å². The van der Waals surface area contributed by atoms with Crippen LogP contribution in [0.15, 0.2) is 66.7 Å². The van der Waals surface area contributed by atoms with Gasteiger partial charge in [-0.2, -0.15) is 0 Å². The first-order valence-corrected chi connectivity index (χ1v) is 12.3. The first-order chi connectivity index (χ1) is 17.8. The molecule has 1 aromatic heterocycles. The van der Waals surface area contributed by atoms with Gasteiger partial charge in [0.05, 0.1) is 12.3 Å². The Morgan fingerprint density at radius 1 is 1.05 bits per heavy atom. The van der Waals surface area contributed by atoms with Crippen molar-refractivity contribution >= 4 is 52.2 Å². The van der Waals surface area contributed by atoms with Crippen LogP contribution in [0.25, 0.3) is 10.9 Å². The van der Waals surface area contributed by atoms with Gasteiger partial charge >= 0.3 is 0 Å². The number of aryl methyl sites for hydroxylation is 1. The highest BCUT2D eigenvalue weighted by molar-refractivity contribution is 6.32. The highest BCUT2D eigenvalue weighted by atomic mass is 35.5. The lowest BCUT2D eigenvalue weighted by Crippen LogP contribution is -2.29. The number of amides is 1. The van der Waals surface area contributed by atoms with Crippen molar-refractivity contribution in [3.8, 4) is 5.75 Å². The molecular formula is C28H27Cl2N3O4. The predicted octanol–water partition coefficient (Wildman–Crippen LogP) is 6.20. The number of carboxylic acid groups (broad SMARTS) is 1. The first kappa shape index (κ1) is 27.8. The molecule has 0 aliphatic carbocycles. The zero-order chi connectivity index (χ0) is 26.9. The number of benzene rings is 3. The minimum atomic E-state index is -0.255. The molecule has 0 fully saturated rings. The Morgan fingerprint density at radius 3 is 2.32 bits per heavy atom. The second kappa shape index (κ2) is 12.9. The summed E-state index contributed by atoms with van der Waals surface area (Å²) in [5, 5.41) is 21.0. The Hall–Kier alpha value is -3.81. The molecule has 3 aromatic carbocycles. The minimum Gasteiger partial charge on any atom is -0.492 e. The fourth-order valence-electron chi connectivity index (χ4n) is 4.17. The molecule has 0 radical (unpaired) electrons. The molecule has 0 atom stereocenters. The number of ether oxygens (including phenoxy) is 1.